The Kier molecular flexibility index (Phi) is 7.31. The molecule has 4 rings (SSSR count). The van der Waals surface area contributed by atoms with Crippen LogP contribution in [-0.2, 0) is 14.4 Å². The van der Waals surface area contributed by atoms with Crippen molar-refractivity contribution in [3.05, 3.63) is 69.3 Å². The zero-order chi connectivity index (χ0) is 25.1. The van der Waals surface area contributed by atoms with E-state index in [1.165, 1.54) is 24.3 Å². The molecule has 0 aliphatic carbocycles. The summed E-state index contributed by atoms with van der Waals surface area (Å²) in [4.78, 5) is 50.9. The van der Waals surface area contributed by atoms with Crippen molar-refractivity contribution in [2.75, 3.05) is 20.1 Å². The van der Waals surface area contributed by atoms with Crippen molar-refractivity contribution in [3.63, 3.8) is 0 Å². The molecular weight excluding hydrogens is 475 g/mol. The Labute approximate surface area is 205 Å². The number of nitrogens with one attached hydrogen (secondary N) is 1. The Hall–Kier alpha value is -3.52. The van der Waals surface area contributed by atoms with E-state index in [1.54, 1.807) is 24.1 Å². The number of benzene rings is 2. The van der Waals surface area contributed by atoms with E-state index < -0.39 is 17.4 Å². The highest BCUT2D eigenvalue weighted by molar-refractivity contribution is 6.33. The predicted molar refractivity (Wildman–Crippen MR) is 130 cm³/mol. The maximum atomic E-state index is 13.5. The summed E-state index contributed by atoms with van der Waals surface area (Å²) in [6.07, 6.45) is 2.47. The van der Waals surface area contributed by atoms with Gasteiger partial charge in [-0.2, -0.15) is 0 Å². The maximum absolute atomic E-state index is 13.5. The summed E-state index contributed by atoms with van der Waals surface area (Å²) in [6, 6.07) is 9.92. The van der Waals surface area contributed by atoms with E-state index in [2.05, 4.69) is 5.32 Å². The van der Waals surface area contributed by atoms with Gasteiger partial charge in [-0.3, -0.25) is 9.59 Å². The van der Waals surface area contributed by atoms with E-state index in [0.29, 0.717) is 47.9 Å². The van der Waals surface area contributed by atoms with Crippen molar-refractivity contribution < 1.29 is 23.2 Å². The first kappa shape index (κ1) is 24.6. The fourth-order valence-corrected chi connectivity index (χ4v) is 4.84. The lowest BCUT2D eigenvalue weighted by Gasteiger charge is -2.34. The first-order valence-corrected chi connectivity index (χ1v) is 11.7. The lowest BCUT2D eigenvalue weighted by atomic mass is 9.91. The van der Waals surface area contributed by atoms with Gasteiger partial charge in [-0.15, -0.1) is 0 Å². The van der Waals surface area contributed by atoms with Crippen molar-refractivity contribution in [1.82, 2.24) is 10.2 Å². The molecule has 1 aliphatic heterocycles. The van der Waals surface area contributed by atoms with Gasteiger partial charge in [-0.25, -0.2) is 9.18 Å². The third-order valence-corrected chi connectivity index (χ3v) is 6.65. The predicted octanol–water partition coefficient (Wildman–Crippen LogP) is 3.91. The van der Waals surface area contributed by atoms with Crippen LogP contribution in [0, 0.1) is 11.7 Å². The van der Waals surface area contributed by atoms with Crippen LogP contribution >= 0.6 is 11.6 Å². The topological polar surface area (TPSA) is 96.7 Å². The van der Waals surface area contributed by atoms with E-state index in [9.17, 15) is 23.6 Å². The number of carbonyl (C=O) groups excluding carboxylic acids is 3. The summed E-state index contributed by atoms with van der Waals surface area (Å²) < 4.78 is 18.9. The van der Waals surface area contributed by atoms with Crippen molar-refractivity contribution in [2.24, 2.45) is 5.92 Å². The molecule has 0 radical (unpaired) electrons. The second-order valence-electron chi connectivity index (χ2n) is 8.64. The zero-order valence-electron chi connectivity index (χ0n) is 19.1. The normalized spacial score (nSPS) is 16.7. The van der Waals surface area contributed by atoms with Crippen LogP contribution < -0.4 is 10.9 Å². The van der Waals surface area contributed by atoms with Gasteiger partial charge in [0, 0.05) is 49.1 Å². The number of hydrogen-bond donors (Lipinski definition) is 1. The molecule has 1 aliphatic rings. The summed E-state index contributed by atoms with van der Waals surface area (Å²) in [5.41, 5.74) is 0.830. The highest BCUT2D eigenvalue weighted by Crippen LogP contribution is 2.34. The highest BCUT2D eigenvalue weighted by Gasteiger charge is 2.31. The second kappa shape index (κ2) is 10.4. The van der Waals surface area contributed by atoms with Gasteiger partial charge >= 0.3 is 5.63 Å². The van der Waals surface area contributed by atoms with Gasteiger partial charge < -0.3 is 19.4 Å². The van der Waals surface area contributed by atoms with Gasteiger partial charge in [-0.05, 0) is 48.6 Å². The summed E-state index contributed by atoms with van der Waals surface area (Å²) >= 11 is 6.21. The molecule has 2 aromatic carbocycles. The summed E-state index contributed by atoms with van der Waals surface area (Å²) in [5.74, 6) is -2.01. The van der Waals surface area contributed by atoms with Crippen molar-refractivity contribution in [3.8, 4) is 11.1 Å². The number of piperidine rings is 1. The summed E-state index contributed by atoms with van der Waals surface area (Å²) in [7, 11) is 1.57. The number of fused-ring (bicyclic) bond motifs is 1. The third kappa shape index (κ3) is 5.27. The fourth-order valence-electron chi connectivity index (χ4n) is 4.58. The number of halogens is 2. The van der Waals surface area contributed by atoms with Crippen LogP contribution in [-0.4, -0.2) is 43.1 Å². The number of hydrogen-bond acceptors (Lipinski definition) is 5. The van der Waals surface area contributed by atoms with Gasteiger partial charge in [-0.1, -0.05) is 23.7 Å². The van der Waals surface area contributed by atoms with E-state index in [0.717, 1.165) is 18.9 Å². The fraction of sp³-hybridized carbons (Fsp3) is 0.308. The molecule has 2 atom stereocenters. The van der Waals surface area contributed by atoms with Crippen LogP contribution in [0.4, 0.5) is 4.39 Å². The largest absolute Gasteiger partial charge is 0.423 e. The van der Waals surface area contributed by atoms with Gasteiger partial charge in [0.2, 0.25) is 11.8 Å². The number of aldehydes is 1. The molecule has 0 spiro atoms. The minimum Gasteiger partial charge on any atom is -0.423 e. The molecule has 2 heterocycles. The van der Waals surface area contributed by atoms with Crippen LogP contribution in [0.2, 0.25) is 5.02 Å². The Bertz CT molecular complexity index is 1360. The van der Waals surface area contributed by atoms with E-state index in [1.807, 2.05) is 0 Å². The molecule has 35 heavy (non-hydrogen) atoms. The van der Waals surface area contributed by atoms with Gasteiger partial charge in [0.25, 0.3) is 0 Å². The van der Waals surface area contributed by atoms with E-state index >= 15 is 0 Å². The van der Waals surface area contributed by atoms with E-state index in [-0.39, 0.29) is 28.3 Å². The molecule has 7 nitrogen and oxygen atoms in total. The summed E-state index contributed by atoms with van der Waals surface area (Å²) in [6.45, 7) is 0.899. The lowest BCUT2D eigenvalue weighted by Crippen LogP contribution is -2.43. The second-order valence-corrected chi connectivity index (χ2v) is 9.05. The molecule has 1 fully saturated rings. The van der Waals surface area contributed by atoms with E-state index in [4.69, 9.17) is 16.0 Å². The molecule has 0 bridgehead atoms. The Morgan fingerprint density at radius 1 is 1.23 bits per heavy atom. The lowest BCUT2D eigenvalue weighted by molar-refractivity contribution is -0.137. The molecule has 1 unspecified atom stereocenters. The van der Waals surface area contributed by atoms with Crippen molar-refractivity contribution >= 4 is 40.7 Å². The Morgan fingerprint density at radius 3 is 2.74 bits per heavy atom. The van der Waals surface area contributed by atoms with Crippen LogP contribution in [0.1, 0.15) is 30.7 Å². The van der Waals surface area contributed by atoms with Crippen LogP contribution in [0.5, 0.6) is 0 Å². The molecule has 3 aromatic rings. The number of likely N-dealkylation sites (tertiary alicyclic amines) is 1. The van der Waals surface area contributed by atoms with Crippen molar-refractivity contribution in [1.29, 1.82) is 0 Å². The average Bonchev–Trinajstić information content (AvgIpc) is 2.84. The van der Waals surface area contributed by atoms with Gasteiger partial charge in [0.05, 0.1) is 5.02 Å². The first-order chi connectivity index (χ1) is 16.8. The molecule has 1 aromatic heterocycles. The molecule has 1 N–H and O–H groups in total. The maximum Gasteiger partial charge on any atom is 0.336 e. The highest BCUT2D eigenvalue weighted by atomic mass is 35.5. The van der Waals surface area contributed by atoms with Gasteiger partial charge in [0.15, 0.2) is 0 Å². The third-order valence-electron chi connectivity index (χ3n) is 6.33. The zero-order valence-corrected chi connectivity index (χ0v) is 19.8. The average molecular weight is 499 g/mol. The van der Waals surface area contributed by atoms with Crippen LogP contribution in [0.25, 0.3) is 22.1 Å². The molecule has 0 saturated carbocycles. The summed E-state index contributed by atoms with van der Waals surface area (Å²) in [5, 5.41) is 3.27. The SMILES string of the molecule is CNC(=O)C[C@H]1CCCN(C(=O)C(C=O)c2ccc3c(-c4ccc(F)cc4Cl)cc(=O)oc3c2)C1. The molecular formula is C26H24ClFN2O5. The Morgan fingerprint density at radius 2 is 2.03 bits per heavy atom. The molecule has 9 heteroatoms. The number of nitrogens with zero attached hydrogens (tertiary/aromatic N) is 1. The minimum atomic E-state index is -1.08. The monoisotopic (exact) mass is 498 g/mol. The number of rotatable bonds is 6. The van der Waals surface area contributed by atoms with Gasteiger partial charge in [0.1, 0.15) is 23.6 Å². The van der Waals surface area contributed by atoms with Crippen LogP contribution in [0.3, 0.4) is 0 Å². The smallest absolute Gasteiger partial charge is 0.336 e. The van der Waals surface area contributed by atoms with Crippen molar-refractivity contribution in [2.45, 2.75) is 25.2 Å². The molecule has 182 valence electrons. The quantitative estimate of drug-likeness (QED) is 0.316. The first-order valence-electron chi connectivity index (χ1n) is 11.3. The molecule has 2 amide bonds. The number of amides is 2. The standard InChI is InChI=1S/C26H24ClFN2O5/c1-29-24(32)9-15-3-2-8-30(13-15)26(34)21(14-31)16-4-6-19-20(12-25(33)35-23(19)10-16)18-7-5-17(28)11-22(18)27/h4-7,10-12,14-15,21H,2-3,8-9,13H2,1H3,(H,29,32)/t15-,21?/m1/s1. The molecule has 1 saturated heterocycles. The number of carbonyl (C=O) groups is 3. The van der Waals surface area contributed by atoms with Crippen LogP contribution in [0.15, 0.2) is 51.7 Å². The minimum absolute atomic E-state index is 0.0255. The Balaban J connectivity index is 1.66.